The molecule has 3 N–H and O–H groups in total. The van der Waals surface area contributed by atoms with Gasteiger partial charge in [-0.1, -0.05) is 61.3 Å². The summed E-state index contributed by atoms with van der Waals surface area (Å²) in [5.74, 6) is -0.135. The van der Waals surface area contributed by atoms with Crippen LogP contribution in [0, 0.1) is 6.92 Å². The van der Waals surface area contributed by atoms with Crippen molar-refractivity contribution in [2.75, 3.05) is 10.6 Å². The standard InChI is InChI=1S/C10H12ClNO2.C10H12ClNO/c1-2-9(14)12-10-7(6-13)4-3-5-8(10)11;1-3-9(13)12-10-7(2)5-4-6-8(10)11/h3-5,13H,2,6H2,1H3,(H,12,14);4-6H,3H2,1-2H3,(H,12,13). The van der Waals surface area contributed by atoms with E-state index in [4.69, 9.17) is 28.3 Å². The summed E-state index contributed by atoms with van der Waals surface area (Å²) in [4.78, 5) is 22.3. The average Bonchev–Trinajstić information content (AvgIpc) is 2.66. The van der Waals surface area contributed by atoms with Crippen molar-refractivity contribution in [3.05, 3.63) is 57.6 Å². The highest BCUT2D eigenvalue weighted by molar-refractivity contribution is 6.34. The zero-order valence-electron chi connectivity index (χ0n) is 15.6. The minimum Gasteiger partial charge on any atom is -0.392 e. The van der Waals surface area contributed by atoms with Crippen LogP contribution in [0.15, 0.2) is 36.4 Å². The van der Waals surface area contributed by atoms with Gasteiger partial charge < -0.3 is 15.7 Å². The van der Waals surface area contributed by atoms with Crippen LogP contribution in [0.2, 0.25) is 10.0 Å². The zero-order chi connectivity index (χ0) is 20.4. The molecule has 0 aliphatic carbocycles. The monoisotopic (exact) mass is 410 g/mol. The van der Waals surface area contributed by atoms with E-state index >= 15 is 0 Å². The number of aliphatic hydroxyl groups is 1. The molecule has 27 heavy (non-hydrogen) atoms. The van der Waals surface area contributed by atoms with Crippen LogP contribution in [0.1, 0.15) is 37.8 Å². The number of benzene rings is 2. The number of hydrogen-bond donors (Lipinski definition) is 3. The third-order valence-corrected chi connectivity index (χ3v) is 4.29. The van der Waals surface area contributed by atoms with Crippen LogP contribution in [-0.2, 0) is 16.2 Å². The maximum atomic E-state index is 11.2. The Bertz CT molecular complexity index is 775. The largest absolute Gasteiger partial charge is 0.392 e. The van der Waals surface area contributed by atoms with Crippen LogP contribution in [-0.4, -0.2) is 16.9 Å². The lowest BCUT2D eigenvalue weighted by Crippen LogP contribution is -2.11. The van der Waals surface area contributed by atoms with Gasteiger partial charge in [-0.2, -0.15) is 0 Å². The van der Waals surface area contributed by atoms with Gasteiger partial charge in [-0.05, 0) is 24.6 Å². The van der Waals surface area contributed by atoms with Crippen molar-refractivity contribution in [3.63, 3.8) is 0 Å². The smallest absolute Gasteiger partial charge is 0.224 e. The van der Waals surface area contributed by atoms with Crippen molar-refractivity contribution in [1.82, 2.24) is 0 Å². The highest BCUT2D eigenvalue weighted by Crippen LogP contribution is 2.26. The molecule has 0 unspecified atom stereocenters. The predicted molar refractivity (Wildman–Crippen MR) is 111 cm³/mol. The number of hydrogen-bond acceptors (Lipinski definition) is 3. The Hall–Kier alpha value is -2.08. The van der Waals surface area contributed by atoms with Crippen LogP contribution in [0.5, 0.6) is 0 Å². The Balaban J connectivity index is 0.000000271. The summed E-state index contributed by atoms with van der Waals surface area (Å²) in [6.07, 6.45) is 0.848. The topological polar surface area (TPSA) is 78.4 Å². The van der Waals surface area contributed by atoms with Crippen LogP contribution < -0.4 is 10.6 Å². The number of amides is 2. The molecule has 2 rings (SSSR count). The SMILES string of the molecule is CCC(=O)Nc1c(C)cccc1Cl.CCC(=O)Nc1c(Cl)cccc1CO. The molecule has 0 spiro atoms. The molecule has 0 radical (unpaired) electrons. The molecule has 146 valence electrons. The molecule has 0 aliphatic rings. The van der Waals surface area contributed by atoms with Crippen LogP contribution in [0.4, 0.5) is 11.4 Å². The van der Waals surface area contributed by atoms with Crippen molar-refractivity contribution in [2.24, 2.45) is 0 Å². The average molecular weight is 411 g/mol. The number of carbonyl (C=O) groups is 2. The van der Waals surface area contributed by atoms with Gasteiger partial charge in [0.1, 0.15) is 0 Å². The molecule has 0 fully saturated rings. The first-order chi connectivity index (χ1) is 12.8. The Morgan fingerprint density at radius 2 is 1.37 bits per heavy atom. The Kier molecular flexibility index (Phi) is 9.86. The molecule has 7 heteroatoms. The van der Waals surface area contributed by atoms with E-state index in [0.29, 0.717) is 34.1 Å². The van der Waals surface area contributed by atoms with Crippen LogP contribution in [0.25, 0.3) is 0 Å². The molecule has 5 nitrogen and oxygen atoms in total. The number of para-hydroxylation sites is 2. The lowest BCUT2D eigenvalue weighted by Gasteiger charge is -2.10. The minimum atomic E-state index is -0.139. The van der Waals surface area contributed by atoms with Crippen molar-refractivity contribution in [2.45, 2.75) is 40.2 Å². The Labute approximate surface area is 169 Å². The van der Waals surface area contributed by atoms with Gasteiger partial charge in [0.25, 0.3) is 0 Å². The first-order valence-electron chi connectivity index (χ1n) is 8.57. The van der Waals surface area contributed by atoms with Crippen molar-refractivity contribution >= 4 is 46.4 Å². The molecule has 0 atom stereocenters. The second kappa shape index (κ2) is 11.6. The number of carbonyl (C=O) groups excluding carboxylic acids is 2. The highest BCUT2D eigenvalue weighted by atomic mass is 35.5. The Morgan fingerprint density at radius 3 is 1.85 bits per heavy atom. The summed E-state index contributed by atoms with van der Waals surface area (Å²) in [6, 6.07) is 10.7. The van der Waals surface area contributed by atoms with E-state index < -0.39 is 0 Å². The molecule has 0 saturated carbocycles. The molecule has 0 aromatic heterocycles. The maximum Gasteiger partial charge on any atom is 0.224 e. The number of rotatable bonds is 5. The number of aryl methyl sites for hydroxylation is 1. The van der Waals surface area contributed by atoms with Gasteiger partial charge in [0.2, 0.25) is 11.8 Å². The highest BCUT2D eigenvalue weighted by Gasteiger charge is 2.08. The van der Waals surface area contributed by atoms with E-state index in [0.717, 1.165) is 11.3 Å². The van der Waals surface area contributed by atoms with E-state index in [9.17, 15) is 9.59 Å². The Morgan fingerprint density at radius 1 is 0.889 bits per heavy atom. The van der Waals surface area contributed by atoms with Gasteiger partial charge in [-0.3, -0.25) is 9.59 Å². The maximum absolute atomic E-state index is 11.2. The summed E-state index contributed by atoms with van der Waals surface area (Å²) >= 11 is 11.8. The van der Waals surface area contributed by atoms with E-state index in [2.05, 4.69) is 10.6 Å². The van der Waals surface area contributed by atoms with Gasteiger partial charge in [-0.25, -0.2) is 0 Å². The van der Waals surface area contributed by atoms with Gasteiger partial charge in [0.15, 0.2) is 0 Å². The van der Waals surface area contributed by atoms with Gasteiger partial charge in [-0.15, -0.1) is 0 Å². The third kappa shape index (κ3) is 7.21. The third-order valence-electron chi connectivity index (χ3n) is 3.66. The summed E-state index contributed by atoms with van der Waals surface area (Å²) in [7, 11) is 0. The first-order valence-corrected chi connectivity index (χ1v) is 9.32. The van der Waals surface area contributed by atoms with E-state index in [1.807, 2.05) is 26.0 Å². The van der Waals surface area contributed by atoms with Crippen molar-refractivity contribution in [3.8, 4) is 0 Å². The molecule has 0 bridgehead atoms. The predicted octanol–water partition coefficient (Wildman–Crippen LogP) is 5.18. The summed E-state index contributed by atoms with van der Waals surface area (Å²) in [6.45, 7) is 5.34. The second-order valence-electron chi connectivity index (χ2n) is 5.67. The molecular formula is C20H24Cl2N2O3. The minimum absolute atomic E-state index is 0.0174. The summed E-state index contributed by atoms with van der Waals surface area (Å²) in [5.41, 5.74) is 2.83. The molecule has 0 saturated heterocycles. The fraction of sp³-hybridized carbons (Fsp3) is 0.300. The quantitative estimate of drug-likeness (QED) is 0.635. The first kappa shape index (κ1) is 23.0. The number of nitrogens with one attached hydrogen (secondary N) is 2. The summed E-state index contributed by atoms with van der Waals surface area (Å²) in [5, 5.41) is 15.5. The normalized spacial score (nSPS) is 9.85. The number of aliphatic hydroxyl groups excluding tert-OH is 1. The van der Waals surface area contributed by atoms with Crippen molar-refractivity contribution in [1.29, 1.82) is 0 Å². The molecule has 0 heterocycles. The fourth-order valence-corrected chi connectivity index (χ4v) is 2.60. The molecular weight excluding hydrogens is 387 g/mol. The zero-order valence-corrected chi connectivity index (χ0v) is 17.1. The van der Waals surface area contributed by atoms with Crippen LogP contribution >= 0.6 is 23.2 Å². The lowest BCUT2D eigenvalue weighted by molar-refractivity contribution is -0.116. The van der Waals surface area contributed by atoms with Gasteiger partial charge >= 0.3 is 0 Å². The molecule has 2 amide bonds. The van der Waals surface area contributed by atoms with Crippen molar-refractivity contribution < 1.29 is 14.7 Å². The number of anilines is 2. The second-order valence-corrected chi connectivity index (χ2v) is 6.48. The molecule has 0 aliphatic heterocycles. The van der Waals surface area contributed by atoms with Gasteiger partial charge in [0, 0.05) is 18.4 Å². The summed E-state index contributed by atoms with van der Waals surface area (Å²) < 4.78 is 0. The van der Waals surface area contributed by atoms with E-state index in [1.165, 1.54) is 0 Å². The fourth-order valence-electron chi connectivity index (χ4n) is 2.09. The lowest BCUT2D eigenvalue weighted by atomic mass is 10.2. The number of halogens is 2. The molecule has 2 aromatic rings. The van der Waals surface area contributed by atoms with E-state index in [1.54, 1.807) is 31.2 Å². The van der Waals surface area contributed by atoms with E-state index in [-0.39, 0.29) is 18.4 Å². The molecule has 2 aromatic carbocycles. The van der Waals surface area contributed by atoms with Crippen LogP contribution in [0.3, 0.4) is 0 Å². The van der Waals surface area contributed by atoms with Gasteiger partial charge in [0.05, 0.1) is 28.0 Å².